The van der Waals surface area contributed by atoms with Crippen LogP contribution in [0.4, 0.5) is 0 Å². The van der Waals surface area contributed by atoms with Crippen molar-refractivity contribution < 1.29 is 14.3 Å². The first kappa shape index (κ1) is 30.8. The maximum absolute atomic E-state index is 13.8. The standard InChI is InChI=1S/C34H48N4O3/c1-25(2)15-21-37(22-16-26(3)4)33(39)29-17-23-38-31(24-29)30(10-9-20-36-18-7-6-8-19-36)32(35-38)27-11-13-28(14-12-27)34(40)41-5/h11-14,17,23-26H,6-10,15-16,18-22H2,1-5H3. The Labute approximate surface area is 245 Å². The van der Waals surface area contributed by atoms with E-state index in [-0.39, 0.29) is 11.9 Å². The van der Waals surface area contributed by atoms with E-state index in [0.29, 0.717) is 17.4 Å². The number of hydrogen-bond acceptors (Lipinski definition) is 5. The molecule has 2 aromatic heterocycles. The Kier molecular flexibility index (Phi) is 11.0. The average molecular weight is 561 g/mol. The minimum atomic E-state index is -0.351. The molecule has 41 heavy (non-hydrogen) atoms. The maximum atomic E-state index is 13.8. The molecule has 1 aliphatic rings. The van der Waals surface area contributed by atoms with Gasteiger partial charge in [-0.05, 0) is 94.3 Å². The van der Waals surface area contributed by atoms with Crippen LogP contribution in [-0.2, 0) is 11.2 Å². The molecule has 0 spiro atoms. The summed E-state index contributed by atoms with van der Waals surface area (Å²) in [6, 6.07) is 11.4. The van der Waals surface area contributed by atoms with Crippen molar-refractivity contribution in [2.24, 2.45) is 11.8 Å². The third-order valence-corrected chi connectivity index (χ3v) is 8.15. The lowest BCUT2D eigenvalue weighted by Crippen LogP contribution is -2.34. The predicted octanol–water partition coefficient (Wildman–Crippen LogP) is 6.74. The predicted molar refractivity (Wildman–Crippen MR) is 165 cm³/mol. The third-order valence-electron chi connectivity index (χ3n) is 8.15. The molecule has 0 radical (unpaired) electrons. The van der Waals surface area contributed by atoms with Crippen LogP contribution in [0.25, 0.3) is 16.8 Å². The molecule has 1 aromatic carbocycles. The van der Waals surface area contributed by atoms with Gasteiger partial charge in [0.05, 0.1) is 23.9 Å². The van der Waals surface area contributed by atoms with E-state index < -0.39 is 0 Å². The van der Waals surface area contributed by atoms with Gasteiger partial charge >= 0.3 is 5.97 Å². The molecule has 7 heteroatoms. The van der Waals surface area contributed by atoms with E-state index in [9.17, 15) is 9.59 Å². The van der Waals surface area contributed by atoms with E-state index in [0.717, 1.165) is 73.2 Å². The number of fused-ring (bicyclic) bond motifs is 1. The summed E-state index contributed by atoms with van der Waals surface area (Å²) in [5, 5.41) is 4.97. The van der Waals surface area contributed by atoms with Crippen molar-refractivity contribution in [3.8, 4) is 11.3 Å². The summed E-state index contributed by atoms with van der Waals surface area (Å²) in [7, 11) is 1.39. The summed E-state index contributed by atoms with van der Waals surface area (Å²) >= 11 is 0. The van der Waals surface area contributed by atoms with Crippen molar-refractivity contribution in [3.63, 3.8) is 0 Å². The molecular formula is C34H48N4O3. The molecular weight excluding hydrogens is 512 g/mol. The number of aryl methyl sites for hydroxylation is 1. The second kappa shape index (κ2) is 14.6. The zero-order chi connectivity index (χ0) is 29.4. The highest BCUT2D eigenvalue weighted by molar-refractivity contribution is 5.96. The molecule has 0 saturated carbocycles. The lowest BCUT2D eigenvalue weighted by Gasteiger charge is -2.26. The fraction of sp³-hybridized carbons (Fsp3) is 0.559. The van der Waals surface area contributed by atoms with E-state index in [1.807, 2.05) is 39.9 Å². The Hall–Kier alpha value is -3.19. The van der Waals surface area contributed by atoms with E-state index >= 15 is 0 Å². The molecule has 0 unspecified atom stereocenters. The number of ether oxygens (including phenoxy) is 1. The van der Waals surface area contributed by atoms with Crippen molar-refractivity contribution in [2.75, 3.05) is 39.8 Å². The fourth-order valence-corrected chi connectivity index (χ4v) is 5.58. The van der Waals surface area contributed by atoms with Crippen molar-refractivity contribution in [1.82, 2.24) is 19.4 Å². The van der Waals surface area contributed by atoms with Crippen LogP contribution in [0, 0.1) is 11.8 Å². The molecule has 0 atom stereocenters. The van der Waals surface area contributed by atoms with Crippen LogP contribution < -0.4 is 0 Å². The Morgan fingerprint density at radius 1 is 0.927 bits per heavy atom. The Morgan fingerprint density at radius 3 is 2.20 bits per heavy atom. The lowest BCUT2D eigenvalue weighted by atomic mass is 10.0. The molecule has 3 aromatic rings. The molecule has 1 aliphatic heterocycles. The Morgan fingerprint density at radius 2 is 1.59 bits per heavy atom. The first-order chi connectivity index (χ1) is 19.8. The van der Waals surface area contributed by atoms with Gasteiger partial charge in [0.15, 0.2) is 0 Å². The van der Waals surface area contributed by atoms with Crippen LogP contribution in [0.5, 0.6) is 0 Å². The van der Waals surface area contributed by atoms with Crippen LogP contribution in [0.2, 0.25) is 0 Å². The highest BCUT2D eigenvalue weighted by Crippen LogP contribution is 2.29. The first-order valence-corrected chi connectivity index (χ1v) is 15.5. The number of benzene rings is 1. The molecule has 0 bridgehead atoms. The number of nitrogens with zero attached hydrogens (tertiary/aromatic N) is 4. The number of pyridine rings is 1. The van der Waals surface area contributed by atoms with Crippen LogP contribution in [0.15, 0.2) is 42.6 Å². The monoisotopic (exact) mass is 560 g/mol. The smallest absolute Gasteiger partial charge is 0.337 e. The molecule has 7 nitrogen and oxygen atoms in total. The largest absolute Gasteiger partial charge is 0.465 e. The third kappa shape index (κ3) is 8.19. The van der Waals surface area contributed by atoms with Gasteiger partial charge in [-0.3, -0.25) is 4.79 Å². The minimum Gasteiger partial charge on any atom is -0.465 e. The van der Waals surface area contributed by atoms with Crippen LogP contribution >= 0.6 is 0 Å². The van der Waals surface area contributed by atoms with E-state index in [2.05, 4.69) is 32.6 Å². The number of amides is 1. The number of methoxy groups -OCH3 is 1. The second-order valence-electron chi connectivity index (χ2n) is 12.3. The van der Waals surface area contributed by atoms with Gasteiger partial charge in [0.25, 0.3) is 5.91 Å². The summed E-state index contributed by atoms with van der Waals surface area (Å²) in [4.78, 5) is 30.4. The molecule has 1 saturated heterocycles. The zero-order valence-corrected chi connectivity index (χ0v) is 25.7. The van der Waals surface area contributed by atoms with Gasteiger partial charge in [-0.2, -0.15) is 5.10 Å². The molecule has 1 amide bonds. The zero-order valence-electron chi connectivity index (χ0n) is 25.7. The van der Waals surface area contributed by atoms with E-state index in [4.69, 9.17) is 9.84 Å². The lowest BCUT2D eigenvalue weighted by molar-refractivity contribution is 0.0600. The highest BCUT2D eigenvalue weighted by atomic mass is 16.5. The van der Waals surface area contributed by atoms with Gasteiger partial charge in [-0.1, -0.05) is 46.2 Å². The van der Waals surface area contributed by atoms with Crippen molar-refractivity contribution >= 4 is 17.4 Å². The summed E-state index contributed by atoms with van der Waals surface area (Å²) < 4.78 is 6.79. The number of likely N-dealkylation sites (tertiary alicyclic amines) is 1. The number of piperidine rings is 1. The molecule has 0 aliphatic carbocycles. The number of carbonyl (C=O) groups is 2. The second-order valence-corrected chi connectivity index (χ2v) is 12.3. The van der Waals surface area contributed by atoms with Crippen LogP contribution in [0.3, 0.4) is 0 Å². The van der Waals surface area contributed by atoms with Crippen molar-refractivity contribution in [2.45, 2.75) is 72.6 Å². The van der Waals surface area contributed by atoms with Gasteiger partial charge in [0, 0.05) is 36.0 Å². The van der Waals surface area contributed by atoms with Gasteiger partial charge in [-0.25, -0.2) is 9.31 Å². The molecule has 222 valence electrons. The molecule has 4 rings (SSSR count). The summed E-state index contributed by atoms with van der Waals surface area (Å²) in [6.45, 7) is 13.8. The number of esters is 1. The SMILES string of the molecule is COC(=O)c1ccc(-c2nn3ccc(C(=O)N(CCC(C)C)CCC(C)C)cc3c2CCCN2CCCCC2)cc1. The van der Waals surface area contributed by atoms with E-state index in [1.165, 1.54) is 39.5 Å². The van der Waals surface area contributed by atoms with Crippen LogP contribution in [0.1, 0.15) is 92.5 Å². The van der Waals surface area contributed by atoms with Gasteiger partial charge in [0.2, 0.25) is 0 Å². The number of aromatic nitrogens is 2. The van der Waals surface area contributed by atoms with Crippen molar-refractivity contribution in [1.29, 1.82) is 0 Å². The molecule has 3 heterocycles. The summed E-state index contributed by atoms with van der Waals surface area (Å²) in [6.07, 6.45) is 9.70. The summed E-state index contributed by atoms with van der Waals surface area (Å²) in [5.41, 5.74) is 5.23. The van der Waals surface area contributed by atoms with Crippen LogP contribution in [-0.4, -0.2) is 71.1 Å². The first-order valence-electron chi connectivity index (χ1n) is 15.5. The Balaban J connectivity index is 1.66. The van der Waals surface area contributed by atoms with Gasteiger partial charge in [-0.15, -0.1) is 0 Å². The fourth-order valence-electron chi connectivity index (χ4n) is 5.58. The minimum absolute atomic E-state index is 0.0956. The number of carbonyl (C=O) groups excluding carboxylic acids is 2. The number of rotatable bonds is 13. The highest BCUT2D eigenvalue weighted by Gasteiger charge is 2.21. The quantitative estimate of drug-likeness (QED) is 0.217. The number of hydrogen-bond donors (Lipinski definition) is 0. The van der Waals surface area contributed by atoms with Gasteiger partial charge in [0.1, 0.15) is 0 Å². The van der Waals surface area contributed by atoms with Crippen molar-refractivity contribution in [3.05, 3.63) is 59.3 Å². The summed E-state index contributed by atoms with van der Waals surface area (Å²) in [5.74, 6) is 0.830. The Bertz CT molecular complexity index is 1280. The topological polar surface area (TPSA) is 67.1 Å². The van der Waals surface area contributed by atoms with E-state index in [1.54, 1.807) is 12.1 Å². The maximum Gasteiger partial charge on any atom is 0.337 e. The van der Waals surface area contributed by atoms with Gasteiger partial charge < -0.3 is 14.5 Å². The normalized spacial score (nSPS) is 14.2. The molecule has 1 fully saturated rings. The average Bonchev–Trinajstić information content (AvgIpc) is 3.34. The molecule has 0 N–H and O–H groups in total.